The fourth-order valence-corrected chi connectivity index (χ4v) is 3.06. The molecule has 0 fully saturated rings. The van der Waals surface area contributed by atoms with Gasteiger partial charge in [0.15, 0.2) is 0 Å². The normalized spacial score (nSPS) is 10.6. The summed E-state index contributed by atoms with van der Waals surface area (Å²) in [7, 11) is 0. The summed E-state index contributed by atoms with van der Waals surface area (Å²) in [5.41, 5.74) is 10.3. The molecule has 0 aliphatic heterocycles. The number of aryl methyl sites for hydroxylation is 2. The Morgan fingerprint density at radius 1 is 1.06 bits per heavy atom. The van der Waals surface area contributed by atoms with Crippen LogP contribution >= 0.6 is 23.4 Å². The molecule has 0 unspecified atom stereocenters. The summed E-state index contributed by atoms with van der Waals surface area (Å²) in [5, 5.41) is 0.827. The van der Waals surface area contributed by atoms with Crippen molar-refractivity contribution < 1.29 is 0 Å². The summed E-state index contributed by atoms with van der Waals surface area (Å²) in [4.78, 5) is 1.11. The van der Waals surface area contributed by atoms with Gasteiger partial charge in [0.25, 0.3) is 0 Å². The average molecular weight is 278 g/mol. The van der Waals surface area contributed by atoms with Gasteiger partial charge in [0.1, 0.15) is 0 Å². The summed E-state index contributed by atoms with van der Waals surface area (Å²) >= 11 is 7.94. The smallest absolute Gasteiger partial charge is 0.0454 e. The van der Waals surface area contributed by atoms with E-state index in [1.165, 1.54) is 11.1 Å². The van der Waals surface area contributed by atoms with Gasteiger partial charge in [0, 0.05) is 21.4 Å². The third kappa shape index (κ3) is 3.21. The molecule has 1 nitrogen and oxygen atoms in total. The Kier molecular flexibility index (Phi) is 4.20. The zero-order valence-electron chi connectivity index (χ0n) is 10.5. The molecule has 94 valence electrons. The molecule has 0 saturated heterocycles. The second-order valence-corrected chi connectivity index (χ2v) is 5.85. The van der Waals surface area contributed by atoms with E-state index in [9.17, 15) is 0 Å². The number of nitrogen functional groups attached to an aromatic ring is 1. The van der Waals surface area contributed by atoms with Crippen LogP contribution in [0.15, 0.2) is 41.3 Å². The van der Waals surface area contributed by atoms with Gasteiger partial charge in [0.2, 0.25) is 0 Å². The van der Waals surface area contributed by atoms with Crippen LogP contribution in [-0.4, -0.2) is 0 Å². The van der Waals surface area contributed by atoms with Gasteiger partial charge >= 0.3 is 0 Å². The molecule has 2 aromatic carbocycles. The summed E-state index contributed by atoms with van der Waals surface area (Å²) in [6.07, 6.45) is 0. The molecule has 0 amide bonds. The molecular weight excluding hydrogens is 262 g/mol. The Morgan fingerprint density at radius 2 is 1.72 bits per heavy atom. The molecule has 3 heteroatoms. The number of rotatable bonds is 3. The number of nitrogens with two attached hydrogens (primary N) is 1. The van der Waals surface area contributed by atoms with Crippen LogP contribution in [0.3, 0.4) is 0 Å². The van der Waals surface area contributed by atoms with Crippen molar-refractivity contribution in [1.29, 1.82) is 0 Å². The van der Waals surface area contributed by atoms with Crippen molar-refractivity contribution in [3.8, 4) is 0 Å². The first-order valence-electron chi connectivity index (χ1n) is 5.80. The van der Waals surface area contributed by atoms with Crippen molar-refractivity contribution in [2.24, 2.45) is 0 Å². The van der Waals surface area contributed by atoms with Gasteiger partial charge < -0.3 is 5.73 Å². The minimum absolute atomic E-state index is 0.827. The van der Waals surface area contributed by atoms with Crippen LogP contribution in [0.2, 0.25) is 5.02 Å². The van der Waals surface area contributed by atoms with E-state index in [2.05, 4.69) is 24.3 Å². The van der Waals surface area contributed by atoms with E-state index in [0.717, 1.165) is 26.9 Å². The van der Waals surface area contributed by atoms with E-state index in [0.29, 0.717) is 0 Å². The number of halogens is 1. The van der Waals surface area contributed by atoms with Gasteiger partial charge in [-0.25, -0.2) is 0 Å². The first-order valence-corrected chi connectivity index (χ1v) is 7.16. The lowest BCUT2D eigenvalue weighted by molar-refractivity contribution is 1.34. The predicted molar refractivity (Wildman–Crippen MR) is 81.3 cm³/mol. The molecule has 0 radical (unpaired) electrons. The van der Waals surface area contributed by atoms with Crippen LogP contribution in [0.1, 0.15) is 16.7 Å². The second-order valence-electron chi connectivity index (χ2n) is 4.42. The maximum absolute atomic E-state index is 6.22. The number of hydrogen-bond donors (Lipinski definition) is 1. The monoisotopic (exact) mass is 277 g/mol. The predicted octanol–water partition coefficient (Wildman–Crippen LogP) is 4.83. The Labute approximate surface area is 117 Å². The summed E-state index contributed by atoms with van der Waals surface area (Å²) < 4.78 is 0. The van der Waals surface area contributed by atoms with Gasteiger partial charge in [0.05, 0.1) is 0 Å². The Hall–Kier alpha value is -1.12. The summed E-state index contributed by atoms with van der Waals surface area (Å²) in [5.74, 6) is 0.840. The molecule has 0 saturated carbocycles. The highest BCUT2D eigenvalue weighted by Crippen LogP contribution is 2.31. The van der Waals surface area contributed by atoms with Crippen LogP contribution in [0, 0.1) is 13.8 Å². The SMILES string of the molecule is Cc1ccc(SCc2ccc(C)cc2Cl)c(N)c1. The van der Waals surface area contributed by atoms with Crippen molar-refractivity contribution in [2.45, 2.75) is 24.5 Å². The molecule has 18 heavy (non-hydrogen) atoms. The van der Waals surface area contributed by atoms with Gasteiger partial charge in [-0.1, -0.05) is 29.8 Å². The first-order chi connectivity index (χ1) is 8.56. The molecule has 2 N–H and O–H groups in total. The maximum atomic E-state index is 6.22. The zero-order valence-corrected chi connectivity index (χ0v) is 12.1. The number of benzene rings is 2. The van der Waals surface area contributed by atoms with Crippen molar-refractivity contribution in [3.63, 3.8) is 0 Å². The molecule has 0 aliphatic carbocycles. The second kappa shape index (κ2) is 5.68. The number of hydrogen-bond acceptors (Lipinski definition) is 2. The minimum Gasteiger partial charge on any atom is -0.398 e. The average Bonchev–Trinajstić information content (AvgIpc) is 2.30. The Bertz CT molecular complexity index is 515. The van der Waals surface area contributed by atoms with E-state index in [-0.39, 0.29) is 0 Å². The third-order valence-electron chi connectivity index (χ3n) is 2.76. The molecule has 2 aromatic rings. The van der Waals surface area contributed by atoms with Crippen LogP contribution in [0.25, 0.3) is 0 Å². The molecule has 2 rings (SSSR count). The van der Waals surface area contributed by atoms with E-state index in [1.807, 2.05) is 26.0 Å². The molecule has 0 aliphatic rings. The van der Waals surface area contributed by atoms with E-state index < -0.39 is 0 Å². The standard InChI is InChI=1S/C15H16ClNS/c1-10-3-5-12(13(16)7-10)9-18-15-6-4-11(2)8-14(15)17/h3-8H,9,17H2,1-2H3. The fourth-order valence-electron chi connectivity index (χ4n) is 1.72. The van der Waals surface area contributed by atoms with Gasteiger partial charge in [-0.2, -0.15) is 0 Å². The van der Waals surface area contributed by atoms with Crippen molar-refractivity contribution >= 4 is 29.1 Å². The molecule has 0 spiro atoms. The Morgan fingerprint density at radius 3 is 2.39 bits per heavy atom. The summed E-state index contributed by atoms with van der Waals surface area (Å²) in [6, 6.07) is 12.3. The minimum atomic E-state index is 0.827. The van der Waals surface area contributed by atoms with Gasteiger partial charge in [-0.05, 0) is 48.7 Å². The van der Waals surface area contributed by atoms with Crippen molar-refractivity contribution in [3.05, 3.63) is 58.1 Å². The summed E-state index contributed by atoms with van der Waals surface area (Å²) in [6.45, 7) is 4.09. The lowest BCUT2D eigenvalue weighted by Crippen LogP contribution is -1.90. The van der Waals surface area contributed by atoms with Crippen LogP contribution in [0.5, 0.6) is 0 Å². The molecule has 0 bridgehead atoms. The molecule has 0 atom stereocenters. The largest absolute Gasteiger partial charge is 0.398 e. The topological polar surface area (TPSA) is 26.0 Å². The highest BCUT2D eigenvalue weighted by Gasteiger charge is 2.04. The van der Waals surface area contributed by atoms with E-state index in [4.69, 9.17) is 17.3 Å². The fraction of sp³-hybridized carbons (Fsp3) is 0.200. The quantitative estimate of drug-likeness (QED) is 0.642. The highest BCUT2D eigenvalue weighted by atomic mass is 35.5. The lowest BCUT2D eigenvalue weighted by Gasteiger charge is -2.08. The maximum Gasteiger partial charge on any atom is 0.0454 e. The van der Waals surface area contributed by atoms with E-state index in [1.54, 1.807) is 11.8 Å². The van der Waals surface area contributed by atoms with Crippen LogP contribution < -0.4 is 5.73 Å². The van der Waals surface area contributed by atoms with Crippen molar-refractivity contribution in [2.75, 3.05) is 5.73 Å². The van der Waals surface area contributed by atoms with E-state index >= 15 is 0 Å². The van der Waals surface area contributed by atoms with Gasteiger partial charge in [-0.3, -0.25) is 0 Å². The zero-order chi connectivity index (χ0) is 13.1. The molecular formula is C15H16ClNS. The number of thioether (sulfide) groups is 1. The van der Waals surface area contributed by atoms with Crippen molar-refractivity contribution in [1.82, 2.24) is 0 Å². The molecule has 0 aromatic heterocycles. The van der Waals surface area contributed by atoms with Gasteiger partial charge in [-0.15, -0.1) is 11.8 Å². The molecule has 0 heterocycles. The first kappa shape index (κ1) is 13.3. The lowest BCUT2D eigenvalue weighted by atomic mass is 10.2. The highest BCUT2D eigenvalue weighted by molar-refractivity contribution is 7.98. The van der Waals surface area contributed by atoms with Crippen LogP contribution in [0.4, 0.5) is 5.69 Å². The Balaban J connectivity index is 2.11. The number of anilines is 1. The third-order valence-corrected chi connectivity index (χ3v) is 4.25. The van der Waals surface area contributed by atoms with Crippen LogP contribution in [-0.2, 0) is 5.75 Å².